The molecule has 0 fully saturated rings. The van der Waals surface area contributed by atoms with Crippen molar-refractivity contribution < 1.29 is 9.53 Å². The van der Waals surface area contributed by atoms with Crippen molar-refractivity contribution >= 4 is 5.91 Å². The van der Waals surface area contributed by atoms with Crippen LogP contribution in [0.1, 0.15) is 53.3 Å². The highest BCUT2D eigenvalue weighted by molar-refractivity contribution is 5.76. The highest BCUT2D eigenvalue weighted by Crippen LogP contribution is 2.30. The molecule has 0 bridgehead atoms. The SMILES string of the molecule is Cc1ccc(OCCC(=O)NC2CCCc3c2cnn3Cc2ccccc2)c(C)c1. The maximum absolute atomic E-state index is 12.5. The van der Waals surface area contributed by atoms with Gasteiger partial charge in [0.15, 0.2) is 0 Å². The van der Waals surface area contributed by atoms with E-state index in [2.05, 4.69) is 52.4 Å². The summed E-state index contributed by atoms with van der Waals surface area (Å²) in [6, 6.07) is 16.5. The normalized spacial score (nSPS) is 15.5. The number of carbonyl (C=O) groups is 1. The van der Waals surface area contributed by atoms with Crippen LogP contribution < -0.4 is 10.1 Å². The summed E-state index contributed by atoms with van der Waals surface area (Å²) in [5, 5.41) is 7.80. The van der Waals surface area contributed by atoms with E-state index >= 15 is 0 Å². The molecule has 0 saturated heterocycles. The Balaban J connectivity index is 1.34. The van der Waals surface area contributed by atoms with Crippen molar-refractivity contribution in [3.05, 3.63) is 82.7 Å². The molecule has 1 aliphatic carbocycles. The minimum absolute atomic E-state index is 0.0217. The smallest absolute Gasteiger partial charge is 0.223 e. The zero-order valence-corrected chi connectivity index (χ0v) is 17.7. The number of nitrogens with zero attached hydrogens (tertiary/aromatic N) is 2. The Morgan fingerprint density at radius 2 is 2.03 bits per heavy atom. The zero-order valence-electron chi connectivity index (χ0n) is 17.7. The lowest BCUT2D eigenvalue weighted by Crippen LogP contribution is -2.31. The number of aromatic nitrogens is 2. The first-order valence-electron chi connectivity index (χ1n) is 10.7. The summed E-state index contributed by atoms with van der Waals surface area (Å²) in [5.41, 5.74) is 5.93. The predicted octanol–water partition coefficient (Wildman–Crippen LogP) is 4.51. The van der Waals surface area contributed by atoms with Gasteiger partial charge in [0.2, 0.25) is 5.91 Å². The highest BCUT2D eigenvalue weighted by atomic mass is 16.5. The second kappa shape index (κ2) is 9.16. The Morgan fingerprint density at radius 1 is 1.20 bits per heavy atom. The molecule has 0 aliphatic heterocycles. The van der Waals surface area contributed by atoms with Crippen molar-refractivity contribution in [1.82, 2.24) is 15.1 Å². The Bertz CT molecular complexity index is 1010. The largest absolute Gasteiger partial charge is 0.493 e. The van der Waals surface area contributed by atoms with Gasteiger partial charge in [-0.15, -0.1) is 0 Å². The molecule has 0 saturated carbocycles. The van der Waals surface area contributed by atoms with E-state index in [1.165, 1.54) is 16.8 Å². The predicted molar refractivity (Wildman–Crippen MR) is 118 cm³/mol. The van der Waals surface area contributed by atoms with E-state index in [4.69, 9.17) is 4.74 Å². The molecule has 1 unspecified atom stereocenters. The molecule has 1 aliphatic rings. The summed E-state index contributed by atoms with van der Waals surface area (Å²) in [6.07, 6.45) is 5.28. The van der Waals surface area contributed by atoms with Gasteiger partial charge in [-0.2, -0.15) is 5.10 Å². The number of fused-ring (bicyclic) bond motifs is 1. The molecule has 30 heavy (non-hydrogen) atoms. The minimum atomic E-state index is 0.0217. The van der Waals surface area contributed by atoms with Crippen LogP contribution >= 0.6 is 0 Å². The van der Waals surface area contributed by atoms with Crippen molar-refractivity contribution in [3.63, 3.8) is 0 Å². The summed E-state index contributed by atoms with van der Waals surface area (Å²) >= 11 is 0. The van der Waals surface area contributed by atoms with Crippen molar-refractivity contribution in [2.24, 2.45) is 0 Å². The lowest BCUT2D eigenvalue weighted by Gasteiger charge is -2.24. The number of carbonyl (C=O) groups excluding carboxylic acids is 1. The van der Waals surface area contributed by atoms with Gasteiger partial charge < -0.3 is 10.1 Å². The first kappa shape index (κ1) is 20.2. The maximum atomic E-state index is 12.5. The summed E-state index contributed by atoms with van der Waals surface area (Å²) in [6.45, 7) is 5.23. The zero-order chi connectivity index (χ0) is 20.9. The molecular weight excluding hydrogens is 374 g/mol. The summed E-state index contributed by atoms with van der Waals surface area (Å²) < 4.78 is 7.89. The third-order valence-corrected chi connectivity index (χ3v) is 5.69. The number of hydrogen-bond acceptors (Lipinski definition) is 3. The lowest BCUT2D eigenvalue weighted by atomic mass is 9.92. The molecule has 156 valence electrons. The summed E-state index contributed by atoms with van der Waals surface area (Å²) in [7, 11) is 0. The molecule has 2 aromatic carbocycles. The fraction of sp³-hybridized carbons (Fsp3) is 0.360. The van der Waals surface area contributed by atoms with Crippen LogP contribution in [0.5, 0.6) is 5.75 Å². The minimum Gasteiger partial charge on any atom is -0.493 e. The van der Waals surface area contributed by atoms with Crippen molar-refractivity contribution in [1.29, 1.82) is 0 Å². The molecule has 1 heterocycles. The highest BCUT2D eigenvalue weighted by Gasteiger charge is 2.25. The molecule has 1 amide bonds. The van der Waals surface area contributed by atoms with E-state index in [1.54, 1.807) is 0 Å². The van der Waals surface area contributed by atoms with Gasteiger partial charge in [0.1, 0.15) is 5.75 Å². The molecule has 0 spiro atoms. The summed E-state index contributed by atoms with van der Waals surface area (Å²) in [5.74, 6) is 0.865. The lowest BCUT2D eigenvalue weighted by molar-refractivity contribution is -0.122. The molecule has 5 nitrogen and oxygen atoms in total. The van der Waals surface area contributed by atoms with Gasteiger partial charge >= 0.3 is 0 Å². The average molecular weight is 404 g/mol. The Kier molecular flexibility index (Phi) is 6.17. The van der Waals surface area contributed by atoms with E-state index in [0.717, 1.165) is 42.7 Å². The number of benzene rings is 2. The average Bonchev–Trinajstić information content (AvgIpc) is 3.14. The maximum Gasteiger partial charge on any atom is 0.223 e. The standard InChI is InChI=1S/C25H29N3O2/c1-18-11-12-24(19(2)15-18)30-14-13-25(29)27-22-9-6-10-23-21(22)16-26-28(23)17-20-7-4-3-5-8-20/h3-5,7-8,11-12,15-16,22H,6,9-10,13-14,17H2,1-2H3,(H,27,29). The number of aryl methyl sites for hydroxylation is 2. The molecule has 1 N–H and O–H groups in total. The van der Waals surface area contributed by atoms with Crippen molar-refractivity contribution in [2.75, 3.05) is 6.61 Å². The molecule has 0 radical (unpaired) electrons. The topological polar surface area (TPSA) is 56.1 Å². The van der Waals surface area contributed by atoms with E-state index in [9.17, 15) is 4.79 Å². The number of rotatable bonds is 7. The molecule has 1 atom stereocenters. The second-order valence-corrected chi connectivity index (χ2v) is 8.07. The van der Waals surface area contributed by atoms with Gasteiger partial charge in [-0.1, -0.05) is 48.0 Å². The van der Waals surface area contributed by atoms with Crippen LogP contribution in [0, 0.1) is 13.8 Å². The monoisotopic (exact) mass is 403 g/mol. The van der Waals surface area contributed by atoms with Crippen LogP contribution in [-0.2, 0) is 17.8 Å². The Morgan fingerprint density at radius 3 is 2.83 bits per heavy atom. The number of hydrogen-bond donors (Lipinski definition) is 1. The van der Waals surface area contributed by atoms with Crippen molar-refractivity contribution in [2.45, 2.75) is 52.1 Å². The van der Waals surface area contributed by atoms with Crippen LogP contribution in [0.3, 0.4) is 0 Å². The van der Waals surface area contributed by atoms with Gasteiger partial charge in [-0.25, -0.2) is 0 Å². The van der Waals surface area contributed by atoms with E-state index in [1.807, 2.05) is 31.3 Å². The molecule has 3 aromatic rings. The van der Waals surface area contributed by atoms with Gasteiger partial charge in [0, 0.05) is 11.3 Å². The first-order chi connectivity index (χ1) is 14.6. The van der Waals surface area contributed by atoms with Gasteiger partial charge in [0.25, 0.3) is 0 Å². The second-order valence-electron chi connectivity index (χ2n) is 8.07. The molecule has 4 rings (SSSR count). The summed E-state index contributed by atoms with van der Waals surface area (Å²) in [4.78, 5) is 12.5. The van der Waals surface area contributed by atoms with E-state index in [0.29, 0.717) is 13.0 Å². The van der Waals surface area contributed by atoms with Gasteiger partial charge in [-0.05, 0) is 50.3 Å². The quantitative estimate of drug-likeness (QED) is 0.631. The fourth-order valence-electron chi connectivity index (χ4n) is 4.14. The number of amides is 1. The van der Waals surface area contributed by atoms with E-state index < -0.39 is 0 Å². The molecular formula is C25H29N3O2. The number of nitrogens with one attached hydrogen (secondary N) is 1. The van der Waals surface area contributed by atoms with Crippen LogP contribution in [0.4, 0.5) is 0 Å². The fourth-order valence-corrected chi connectivity index (χ4v) is 4.14. The molecule has 1 aromatic heterocycles. The van der Waals surface area contributed by atoms with Crippen LogP contribution in [-0.4, -0.2) is 22.3 Å². The van der Waals surface area contributed by atoms with Crippen molar-refractivity contribution in [3.8, 4) is 5.75 Å². The molecule has 5 heteroatoms. The Labute approximate surface area is 178 Å². The third-order valence-electron chi connectivity index (χ3n) is 5.69. The third kappa shape index (κ3) is 4.73. The van der Waals surface area contributed by atoms with Crippen LogP contribution in [0.2, 0.25) is 0 Å². The first-order valence-corrected chi connectivity index (χ1v) is 10.7. The van der Waals surface area contributed by atoms with E-state index in [-0.39, 0.29) is 11.9 Å². The van der Waals surface area contributed by atoms with Crippen LogP contribution in [0.15, 0.2) is 54.7 Å². The van der Waals surface area contributed by atoms with Crippen LogP contribution in [0.25, 0.3) is 0 Å². The number of ether oxygens (including phenoxy) is 1. The van der Waals surface area contributed by atoms with Gasteiger partial charge in [0.05, 0.1) is 31.8 Å². The Hall–Kier alpha value is -3.08. The van der Waals surface area contributed by atoms with Gasteiger partial charge in [-0.3, -0.25) is 9.48 Å².